The first-order valence-corrected chi connectivity index (χ1v) is 8.97. The Bertz CT molecular complexity index is 1060. The molecule has 1 aliphatic rings. The highest BCUT2D eigenvalue weighted by molar-refractivity contribution is 6.30. The minimum absolute atomic E-state index is 0.374. The molecule has 3 aromatic rings. The molecule has 0 bridgehead atoms. The van der Waals surface area contributed by atoms with Gasteiger partial charge >= 0.3 is 0 Å². The van der Waals surface area contributed by atoms with Gasteiger partial charge in [0.1, 0.15) is 6.10 Å². The Kier molecular flexibility index (Phi) is 4.77. The van der Waals surface area contributed by atoms with E-state index >= 15 is 0 Å². The summed E-state index contributed by atoms with van der Waals surface area (Å²) in [6, 6.07) is 17.0. The number of carbonyl (C=O) groups excluding carboxylic acids is 2. The van der Waals surface area contributed by atoms with Crippen LogP contribution in [-0.2, 0) is 0 Å². The fraction of sp³-hybridized carbons (Fsp3) is 0.0455. The molecular formula is C22H15ClN2O3. The Balaban J connectivity index is 1.64. The maximum absolute atomic E-state index is 12.5. The van der Waals surface area contributed by atoms with Crippen LogP contribution in [0.25, 0.3) is 6.08 Å². The number of aliphatic hydroxyl groups is 1. The molecule has 1 atom stereocenters. The number of hydrogen-bond acceptors (Lipinski definition) is 4. The molecule has 1 unspecified atom stereocenters. The quantitative estimate of drug-likeness (QED) is 0.681. The molecule has 0 radical (unpaired) electrons. The summed E-state index contributed by atoms with van der Waals surface area (Å²) >= 11 is 5.90. The number of carbonyl (C=O) groups is 2. The van der Waals surface area contributed by atoms with Crippen molar-refractivity contribution in [3.8, 4) is 0 Å². The molecule has 1 aliphatic heterocycles. The second-order valence-electron chi connectivity index (χ2n) is 6.27. The number of pyridine rings is 1. The molecule has 0 fully saturated rings. The van der Waals surface area contributed by atoms with Crippen molar-refractivity contribution in [2.45, 2.75) is 6.10 Å². The minimum atomic E-state index is -0.972. The van der Waals surface area contributed by atoms with Crippen LogP contribution in [0, 0.1) is 0 Å². The summed E-state index contributed by atoms with van der Waals surface area (Å²) in [4.78, 5) is 30.3. The van der Waals surface area contributed by atoms with Crippen molar-refractivity contribution in [3.63, 3.8) is 0 Å². The van der Waals surface area contributed by atoms with Crippen molar-refractivity contribution in [1.82, 2.24) is 9.88 Å². The van der Waals surface area contributed by atoms with Gasteiger partial charge in [-0.1, -0.05) is 41.9 Å². The van der Waals surface area contributed by atoms with Crippen molar-refractivity contribution in [2.75, 3.05) is 0 Å². The second kappa shape index (κ2) is 7.38. The van der Waals surface area contributed by atoms with E-state index in [9.17, 15) is 14.7 Å². The first kappa shape index (κ1) is 18.1. The Morgan fingerprint density at radius 2 is 1.57 bits per heavy atom. The fourth-order valence-electron chi connectivity index (χ4n) is 3.10. The summed E-state index contributed by atoms with van der Waals surface area (Å²) in [6.45, 7) is 0. The van der Waals surface area contributed by atoms with Crippen LogP contribution < -0.4 is 0 Å². The van der Waals surface area contributed by atoms with Crippen LogP contribution in [0.1, 0.15) is 43.6 Å². The molecule has 0 spiro atoms. The third-order valence-corrected chi connectivity index (χ3v) is 4.80. The lowest BCUT2D eigenvalue weighted by Crippen LogP contribution is -2.23. The van der Waals surface area contributed by atoms with E-state index in [1.165, 1.54) is 6.20 Å². The van der Waals surface area contributed by atoms with Crippen LogP contribution in [0.2, 0.25) is 5.02 Å². The number of fused-ring (bicyclic) bond motifs is 1. The van der Waals surface area contributed by atoms with Crippen LogP contribution in [0.3, 0.4) is 0 Å². The molecule has 2 aromatic carbocycles. The van der Waals surface area contributed by atoms with Crippen LogP contribution in [-0.4, -0.2) is 26.8 Å². The maximum atomic E-state index is 12.5. The molecule has 0 saturated heterocycles. The largest absolute Gasteiger partial charge is 0.382 e. The van der Waals surface area contributed by atoms with Gasteiger partial charge in [-0.3, -0.25) is 14.6 Å². The van der Waals surface area contributed by atoms with Gasteiger partial charge in [-0.15, -0.1) is 0 Å². The van der Waals surface area contributed by atoms with E-state index in [0.29, 0.717) is 33.0 Å². The van der Waals surface area contributed by atoms with Crippen LogP contribution in [0.4, 0.5) is 0 Å². The third kappa shape index (κ3) is 3.22. The van der Waals surface area contributed by atoms with Crippen molar-refractivity contribution in [1.29, 1.82) is 0 Å². The number of amides is 2. The highest BCUT2D eigenvalue weighted by Gasteiger charge is 2.33. The van der Waals surface area contributed by atoms with Gasteiger partial charge < -0.3 is 5.11 Å². The van der Waals surface area contributed by atoms with Gasteiger partial charge in [0, 0.05) is 23.0 Å². The standard InChI is InChI=1S/C22H15ClN2O3/c23-16-9-7-15(8-10-16)20(26)19-14(4-3-12-24-19)11-13-25-21(27)17-5-1-2-6-18(17)22(25)28/h1-13,20,26H/b13-11+. The zero-order valence-electron chi connectivity index (χ0n) is 14.6. The molecule has 0 saturated carbocycles. The van der Waals surface area contributed by atoms with E-state index in [4.69, 9.17) is 11.6 Å². The molecular weight excluding hydrogens is 376 g/mol. The summed E-state index contributed by atoms with van der Waals surface area (Å²) in [5.74, 6) is -0.749. The molecule has 138 valence electrons. The van der Waals surface area contributed by atoms with E-state index in [1.807, 2.05) is 0 Å². The lowest BCUT2D eigenvalue weighted by Gasteiger charge is -2.14. The first-order chi connectivity index (χ1) is 13.6. The molecule has 0 aliphatic carbocycles. The number of rotatable bonds is 4. The predicted molar refractivity (Wildman–Crippen MR) is 106 cm³/mol. The molecule has 1 N–H and O–H groups in total. The molecule has 5 nitrogen and oxygen atoms in total. The molecule has 28 heavy (non-hydrogen) atoms. The number of aliphatic hydroxyl groups excluding tert-OH is 1. The number of hydrogen-bond donors (Lipinski definition) is 1. The van der Waals surface area contributed by atoms with Crippen LogP contribution in [0.15, 0.2) is 73.1 Å². The van der Waals surface area contributed by atoms with E-state index in [2.05, 4.69) is 4.98 Å². The maximum Gasteiger partial charge on any atom is 0.265 e. The van der Waals surface area contributed by atoms with Crippen LogP contribution >= 0.6 is 11.6 Å². The van der Waals surface area contributed by atoms with Gasteiger partial charge in [-0.05, 0) is 42.0 Å². The van der Waals surface area contributed by atoms with Crippen LogP contribution in [0.5, 0.6) is 0 Å². The zero-order valence-corrected chi connectivity index (χ0v) is 15.4. The zero-order chi connectivity index (χ0) is 19.7. The highest BCUT2D eigenvalue weighted by atomic mass is 35.5. The SMILES string of the molecule is O=C1c2ccccc2C(=O)N1/C=C/c1cccnc1C(O)c1ccc(Cl)cc1. The van der Waals surface area contributed by atoms with Gasteiger partial charge in [-0.2, -0.15) is 0 Å². The average molecular weight is 391 g/mol. The number of benzene rings is 2. The third-order valence-electron chi connectivity index (χ3n) is 4.54. The average Bonchev–Trinajstić information content (AvgIpc) is 2.97. The molecule has 2 heterocycles. The van der Waals surface area contributed by atoms with Crippen molar-refractivity contribution in [2.24, 2.45) is 0 Å². The van der Waals surface area contributed by atoms with Gasteiger partial charge in [0.2, 0.25) is 0 Å². The second-order valence-corrected chi connectivity index (χ2v) is 6.71. The van der Waals surface area contributed by atoms with Crippen molar-refractivity contribution in [3.05, 3.63) is 106 Å². The number of halogens is 1. The Morgan fingerprint density at radius 1 is 0.929 bits per heavy atom. The Morgan fingerprint density at radius 3 is 2.21 bits per heavy atom. The minimum Gasteiger partial charge on any atom is -0.382 e. The highest BCUT2D eigenvalue weighted by Crippen LogP contribution is 2.27. The first-order valence-electron chi connectivity index (χ1n) is 8.60. The van der Waals surface area contributed by atoms with E-state index < -0.39 is 6.10 Å². The molecule has 6 heteroatoms. The lowest BCUT2D eigenvalue weighted by atomic mass is 10.0. The normalized spacial score (nSPS) is 14.6. The summed E-state index contributed by atoms with van der Waals surface area (Å²) < 4.78 is 0. The summed E-state index contributed by atoms with van der Waals surface area (Å²) in [7, 11) is 0. The smallest absolute Gasteiger partial charge is 0.265 e. The van der Waals surface area contributed by atoms with Gasteiger partial charge in [0.25, 0.3) is 11.8 Å². The summed E-state index contributed by atoms with van der Waals surface area (Å²) in [5, 5.41) is 11.3. The topological polar surface area (TPSA) is 70.5 Å². The van der Waals surface area contributed by atoms with Gasteiger partial charge in [0.05, 0.1) is 16.8 Å². The Hall–Kier alpha value is -3.28. The predicted octanol–water partition coefficient (Wildman–Crippen LogP) is 4.08. The Labute approximate surface area is 166 Å². The van der Waals surface area contributed by atoms with E-state index in [0.717, 1.165) is 4.90 Å². The monoisotopic (exact) mass is 390 g/mol. The van der Waals surface area contributed by atoms with E-state index in [1.54, 1.807) is 72.9 Å². The molecule has 2 amide bonds. The summed E-state index contributed by atoms with van der Waals surface area (Å²) in [6.07, 6.45) is 3.62. The molecule has 1 aromatic heterocycles. The van der Waals surface area contributed by atoms with E-state index in [-0.39, 0.29) is 11.8 Å². The van der Waals surface area contributed by atoms with Gasteiger partial charge in [0.15, 0.2) is 0 Å². The van der Waals surface area contributed by atoms with Gasteiger partial charge in [-0.25, -0.2) is 4.90 Å². The number of nitrogens with zero attached hydrogens (tertiary/aromatic N) is 2. The molecule has 4 rings (SSSR count). The summed E-state index contributed by atoms with van der Waals surface area (Å²) in [5.41, 5.74) is 2.41. The fourth-order valence-corrected chi connectivity index (χ4v) is 3.23. The number of aromatic nitrogens is 1. The van der Waals surface area contributed by atoms with Crippen molar-refractivity contribution >= 4 is 29.5 Å². The van der Waals surface area contributed by atoms with Crippen molar-refractivity contribution < 1.29 is 14.7 Å². The lowest BCUT2D eigenvalue weighted by molar-refractivity contribution is 0.0722. The number of imide groups is 1.